The Hall–Kier alpha value is -1.26. The second-order valence-electron chi connectivity index (χ2n) is 5.72. The number of urea groups is 1. The van der Waals surface area contributed by atoms with Gasteiger partial charge < -0.3 is 15.0 Å². The van der Waals surface area contributed by atoms with E-state index in [9.17, 15) is 9.59 Å². The van der Waals surface area contributed by atoms with Crippen LogP contribution in [0.4, 0.5) is 4.79 Å². The Kier molecular flexibility index (Phi) is 6.15. The topological polar surface area (TPSA) is 58.6 Å². The first-order chi connectivity index (χ1) is 8.08. The third-order valence-corrected chi connectivity index (χ3v) is 2.43. The highest BCUT2D eigenvalue weighted by Crippen LogP contribution is 2.12. The van der Waals surface area contributed by atoms with Crippen molar-refractivity contribution in [3.8, 4) is 0 Å². The molecule has 18 heavy (non-hydrogen) atoms. The summed E-state index contributed by atoms with van der Waals surface area (Å²) in [4.78, 5) is 25.3. The van der Waals surface area contributed by atoms with Crippen LogP contribution in [0, 0.1) is 5.92 Å². The molecule has 0 unspecified atom stereocenters. The van der Waals surface area contributed by atoms with Gasteiger partial charge in [-0.2, -0.15) is 0 Å². The Morgan fingerprint density at radius 2 is 1.78 bits per heavy atom. The van der Waals surface area contributed by atoms with Crippen LogP contribution in [0.15, 0.2) is 0 Å². The zero-order valence-electron chi connectivity index (χ0n) is 12.5. The summed E-state index contributed by atoms with van der Waals surface area (Å²) in [5.74, 6) is -0.413. The highest BCUT2D eigenvalue weighted by molar-refractivity contribution is 5.83. The Balaban J connectivity index is 4.68. The van der Waals surface area contributed by atoms with Crippen molar-refractivity contribution < 1.29 is 14.3 Å². The fourth-order valence-electron chi connectivity index (χ4n) is 1.25. The molecule has 5 nitrogen and oxygen atoms in total. The van der Waals surface area contributed by atoms with E-state index in [4.69, 9.17) is 4.74 Å². The number of carbonyl (C=O) groups excluding carboxylic acids is 2. The lowest BCUT2D eigenvalue weighted by atomic mass is 10.0. The maximum absolute atomic E-state index is 12.0. The molecule has 1 N–H and O–H groups in total. The summed E-state index contributed by atoms with van der Waals surface area (Å²) in [6.07, 6.45) is 0. The predicted molar refractivity (Wildman–Crippen MR) is 71.3 cm³/mol. The van der Waals surface area contributed by atoms with Crippen molar-refractivity contribution in [2.45, 2.75) is 53.2 Å². The first-order valence-corrected chi connectivity index (χ1v) is 6.33. The maximum Gasteiger partial charge on any atom is 0.329 e. The summed E-state index contributed by atoms with van der Waals surface area (Å²) < 4.78 is 5.30. The van der Waals surface area contributed by atoms with Crippen LogP contribution in [-0.2, 0) is 9.53 Å². The van der Waals surface area contributed by atoms with Crippen molar-refractivity contribution in [1.82, 2.24) is 10.2 Å². The van der Waals surface area contributed by atoms with Crippen LogP contribution < -0.4 is 5.32 Å². The van der Waals surface area contributed by atoms with Crippen LogP contribution in [0.1, 0.15) is 41.5 Å². The monoisotopic (exact) mass is 258 g/mol. The number of hydrogen-bond donors (Lipinski definition) is 1. The van der Waals surface area contributed by atoms with Gasteiger partial charge in [0.05, 0.1) is 0 Å². The molecule has 0 fully saturated rings. The molecule has 0 aromatic rings. The van der Waals surface area contributed by atoms with E-state index in [0.29, 0.717) is 6.54 Å². The lowest BCUT2D eigenvalue weighted by Crippen LogP contribution is -2.50. The number of hydrogen-bond acceptors (Lipinski definition) is 3. The minimum atomic E-state index is -0.620. The third kappa shape index (κ3) is 5.89. The van der Waals surface area contributed by atoms with E-state index < -0.39 is 17.6 Å². The molecule has 0 aliphatic carbocycles. The van der Waals surface area contributed by atoms with Crippen molar-refractivity contribution in [2.24, 2.45) is 5.92 Å². The quantitative estimate of drug-likeness (QED) is 0.785. The normalized spacial score (nSPS) is 13.1. The molecular formula is C13H26N2O3. The van der Waals surface area contributed by atoms with Gasteiger partial charge >= 0.3 is 12.0 Å². The number of nitrogens with one attached hydrogen (secondary N) is 1. The largest absolute Gasteiger partial charge is 0.458 e. The number of amides is 2. The Labute approximate surface area is 110 Å². The number of esters is 1. The summed E-state index contributed by atoms with van der Waals surface area (Å²) in [6.45, 7) is 11.6. The lowest BCUT2D eigenvalue weighted by molar-refractivity contribution is -0.158. The van der Waals surface area contributed by atoms with Gasteiger partial charge in [0.2, 0.25) is 0 Å². The molecular weight excluding hydrogens is 232 g/mol. The molecule has 0 spiro atoms. The predicted octanol–water partition coefficient (Wildman–Crippen LogP) is 2.01. The molecule has 0 bridgehead atoms. The van der Waals surface area contributed by atoms with Crippen molar-refractivity contribution in [3.05, 3.63) is 0 Å². The number of rotatable bonds is 4. The molecule has 0 aromatic heterocycles. The average Bonchev–Trinajstić information content (AvgIpc) is 2.21. The minimum Gasteiger partial charge on any atom is -0.458 e. The van der Waals surface area contributed by atoms with Crippen LogP contribution in [0.2, 0.25) is 0 Å². The van der Waals surface area contributed by atoms with E-state index in [1.807, 2.05) is 41.5 Å². The smallest absolute Gasteiger partial charge is 0.329 e. The summed E-state index contributed by atoms with van der Waals surface area (Å²) >= 11 is 0. The van der Waals surface area contributed by atoms with Crippen molar-refractivity contribution >= 4 is 12.0 Å². The highest BCUT2D eigenvalue weighted by atomic mass is 16.6. The van der Waals surface area contributed by atoms with Crippen molar-refractivity contribution in [1.29, 1.82) is 0 Å². The SMILES string of the molecule is CCN(C)C(=O)N[C@@H](C(=O)OC(C)(C)C)C(C)C. The molecule has 0 saturated heterocycles. The Bertz CT molecular complexity index is 295. The van der Waals surface area contributed by atoms with Crippen LogP contribution in [0.5, 0.6) is 0 Å². The van der Waals surface area contributed by atoms with E-state index in [2.05, 4.69) is 5.32 Å². The van der Waals surface area contributed by atoms with Gasteiger partial charge in [0, 0.05) is 13.6 Å². The number of nitrogens with zero attached hydrogens (tertiary/aromatic N) is 1. The summed E-state index contributed by atoms with van der Waals surface area (Å²) in [5, 5.41) is 2.70. The van der Waals surface area contributed by atoms with E-state index in [1.54, 1.807) is 7.05 Å². The third-order valence-electron chi connectivity index (χ3n) is 2.43. The van der Waals surface area contributed by atoms with Crippen LogP contribution in [-0.4, -0.2) is 42.1 Å². The maximum atomic E-state index is 12.0. The first kappa shape index (κ1) is 16.7. The molecule has 1 atom stereocenters. The van der Waals surface area contributed by atoms with Gasteiger partial charge in [0.25, 0.3) is 0 Å². The molecule has 0 aliphatic heterocycles. The van der Waals surface area contributed by atoms with E-state index in [0.717, 1.165) is 0 Å². The van der Waals surface area contributed by atoms with E-state index in [1.165, 1.54) is 4.90 Å². The minimum absolute atomic E-state index is 0.0194. The van der Waals surface area contributed by atoms with Gasteiger partial charge in [-0.15, -0.1) is 0 Å². The van der Waals surface area contributed by atoms with Gasteiger partial charge in [-0.3, -0.25) is 0 Å². The van der Waals surface area contributed by atoms with Crippen LogP contribution in [0.3, 0.4) is 0 Å². The standard InChI is InChI=1S/C13H26N2O3/c1-8-15(7)12(17)14-10(9(2)3)11(16)18-13(4,5)6/h9-10H,8H2,1-7H3,(H,14,17)/t10-/m1/s1. The van der Waals surface area contributed by atoms with E-state index in [-0.39, 0.29) is 11.9 Å². The fraction of sp³-hybridized carbons (Fsp3) is 0.846. The number of carbonyl (C=O) groups is 2. The molecule has 0 heterocycles. The van der Waals surface area contributed by atoms with Crippen LogP contribution in [0.25, 0.3) is 0 Å². The molecule has 0 radical (unpaired) electrons. The van der Waals surface area contributed by atoms with Crippen LogP contribution >= 0.6 is 0 Å². The highest BCUT2D eigenvalue weighted by Gasteiger charge is 2.29. The second kappa shape index (κ2) is 6.61. The molecule has 5 heteroatoms. The van der Waals surface area contributed by atoms with Gasteiger partial charge in [0.15, 0.2) is 0 Å². The van der Waals surface area contributed by atoms with Gasteiger partial charge in [0.1, 0.15) is 11.6 Å². The molecule has 2 amide bonds. The first-order valence-electron chi connectivity index (χ1n) is 6.33. The molecule has 0 saturated carbocycles. The van der Waals surface area contributed by atoms with Gasteiger partial charge in [-0.25, -0.2) is 9.59 Å². The number of ether oxygens (including phenoxy) is 1. The summed E-state index contributed by atoms with van der Waals surface area (Å²) in [5.41, 5.74) is -0.550. The van der Waals surface area contributed by atoms with E-state index >= 15 is 0 Å². The molecule has 106 valence electrons. The zero-order valence-corrected chi connectivity index (χ0v) is 12.5. The Morgan fingerprint density at radius 1 is 1.28 bits per heavy atom. The molecule has 0 aromatic carbocycles. The van der Waals surface area contributed by atoms with Crippen molar-refractivity contribution in [3.63, 3.8) is 0 Å². The zero-order chi connectivity index (χ0) is 14.5. The fourth-order valence-corrected chi connectivity index (χ4v) is 1.25. The summed E-state index contributed by atoms with van der Waals surface area (Å²) in [6, 6.07) is -0.882. The molecule has 0 aliphatic rings. The lowest BCUT2D eigenvalue weighted by Gasteiger charge is -2.28. The Morgan fingerprint density at radius 3 is 2.11 bits per heavy atom. The van der Waals surface area contributed by atoms with Gasteiger partial charge in [-0.05, 0) is 33.6 Å². The summed E-state index contributed by atoms with van der Waals surface area (Å²) in [7, 11) is 1.68. The molecule has 0 rings (SSSR count). The van der Waals surface area contributed by atoms with Crippen molar-refractivity contribution in [2.75, 3.05) is 13.6 Å². The van der Waals surface area contributed by atoms with Gasteiger partial charge in [-0.1, -0.05) is 13.8 Å². The second-order valence-corrected chi connectivity index (χ2v) is 5.72. The average molecular weight is 258 g/mol.